The zero-order valence-electron chi connectivity index (χ0n) is 16.7. The van der Waals surface area contributed by atoms with Gasteiger partial charge in [-0.05, 0) is 12.1 Å². The molecule has 0 aliphatic carbocycles. The molecule has 31 heavy (non-hydrogen) atoms. The molecule has 1 fully saturated rings. The molecule has 4 aromatic rings. The second-order valence-corrected chi connectivity index (χ2v) is 8.35. The van der Waals surface area contributed by atoms with E-state index < -0.39 is 0 Å². The zero-order chi connectivity index (χ0) is 21.4. The van der Waals surface area contributed by atoms with Crippen molar-refractivity contribution >= 4 is 33.1 Å². The minimum Gasteiger partial charge on any atom is -0.339 e. The van der Waals surface area contributed by atoms with Crippen LogP contribution in [0.1, 0.15) is 5.69 Å². The fourth-order valence-corrected chi connectivity index (χ4v) is 4.61. The van der Waals surface area contributed by atoms with E-state index in [0.29, 0.717) is 48.6 Å². The SMILES string of the molecule is O=C(Cn1ncc(=O)c2ccccc21)N1CCN(Cc2cc(=O)n3ccsc3n2)CC1. The molecule has 1 aromatic carbocycles. The van der Waals surface area contributed by atoms with Gasteiger partial charge in [-0.2, -0.15) is 5.10 Å². The predicted molar refractivity (Wildman–Crippen MR) is 117 cm³/mol. The van der Waals surface area contributed by atoms with Crippen molar-refractivity contribution in [3.63, 3.8) is 0 Å². The summed E-state index contributed by atoms with van der Waals surface area (Å²) in [5.74, 6) is -0.0303. The van der Waals surface area contributed by atoms with E-state index in [1.165, 1.54) is 17.5 Å². The highest BCUT2D eigenvalue weighted by Crippen LogP contribution is 2.12. The fraction of sp³-hybridized carbons (Fsp3) is 0.286. The number of piperazine rings is 1. The summed E-state index contributed by atoms with van der Waals surface area (Å²) in [7, 11) is 0. The van der Waals surface area contributed by atoms with Crippen LogP contribution in [0.15, 0.2) is 57.7 Å². The monoisotopic (exact) mass is 436 g/mol. The summed E-state index contributed by atoms with van der Waals surface area (Å²) in [5.41, 5.74) is 1.18. The van der Waals surface area contributed by atoms with Crippen molar-refractivity contribution in [3.05, 3.63) is 74.4 Å². The number of carbonyl (C=O) groups excluding carboxylic acids is 1. The summed E-state index contributed by atoms with van der Waals surface area (Å²) in [4.78, 5) is 46.2. The number of thiazole rings is 1. The molecule has 1 saturated heterocycles. The van der Waals surface area contributed by atoms with Gasteiger partial charge in [0, 0.05) is 55.8 Å². The molecule has 0 atom stereocenters. The van der Waals surface area contributed by atoms with Gasteiger partial charge in [-0.1, -0.05) is 12.1 Å². The lowest BCUT2D eigenvalue weighted by atomic mass is 10.2. The first-order valence-corrected chi connectivity index (χ1v) is 10.9. The Morgan fingerprint density at radius 3 is 2.74 bits per heavy atom. The molecule has 5 rings (SSSR count). The summed E-state index contributed by atoms with van der Waals surface area (Å²) in [6.45, 7) is 3.27. The highest BCUT2D eigenvalue weighted by atomic mass is 32.1. The Morgan fingerprint density at radius 1 is 1.10 bits per heavy atom. The number of para-hydroxylation sites is 1. The highest BCUT2D eigenvalue weighted by Gasteiger charge is 2.22. The van der Waals surface area contributed by atoms with Gasteiger partial charge < -0.3 is 4.90 Å². The molecule has 0 spiro atoms. The Labute approximate surface area is 180 Å². The van der Waals surface area contributed by atoms with Gasteiger partial charge in [0.15, 0.2) is 4.96 Å². The molecule has 158 valence electrons. The minimum absolute atomic E-state index is 0.0303. The first-order chi connectivity index (χ1) is 15.1. The molecule has 0 unspecified atom stereocenters. The van der Waals surface area contributed by atoms with Gasteiger partial charge in [-0.25, -0.2) is 4.98 Å². The largest absolute Gasteiger partial charge is 0.339 e. The molecule has 1 amide bonds. The van der Waals surface area contributed by atoms with E-state index >= 15 is 0 Å². The van der Waals surface area contributed by atoms with E-state index in [0.717, 1.165) is 5.69 Å². The first-order valence-electron chi connectivity index (χ1n) is 9.99. The molecule has 4 heterocycles. The topological polar surface area (TPSA) is 92.8 Å². The molecule has 1 aliphatic heterocycles. The number of rotatable bonds is 4. The number of carbonyl (C=O) groups is 1. The van der Waals surface area contributed by atoms with E-state index in [1.807, 2.05) is 16.3 Å². The lowest BCUT2D eigenvalue weighted by molar-refractivity contribution is -0.133. The lowest BCUT2D eigenvalue weighted by Gasteiger charge is -2.34. The standard InChI is InChI=1S/C21H20N6O3S/c28-18-12-22-27(17-4-2-1-3-16(17)18)14-20(30)25-7-5-24(6-8-25)13-15-11-19(29)26-9-10-31-21(26)23-15/h1-4,9-12H,5-8,13-14H2. The maximum absolute atomic E-state index is 12.8. The van der Waals surface area contributed by atoms with Crippen molar-refractivity contribution < 1.29 is 4.79 Å². The first kappa shape index (κ1) is 19.6. The highest BCUT2D eigenvalue weighted by molar-refractivity contribution is 7.15. The van der Waals surface area contributed by atoms with Crippen molar-refractivity contribution in [2.24, 2.45) is 0 Å². The average molecular weight is 436 g/mol. The molecule has 10 heteroatoms. The van der Waals surface area contributed by atoms with E-state index in [4.69, 9.17) is 0 Å². The van der Waals surface area contributed by atoms with Crippen LogP contribution in [0.4, 0.5) is 0 Å². The molecular weight excluding hydrogens is 416 g/mol. The Morgan fingerprint density at radius 2 is 1.90 bits per heavy atom. The second-order valence-electron chi connectivity index (χ2n) is 7.48. The lowest BCUT2D eigenvalue weighted by Crippen LogP contribution is -2.49. The number of fused-ring (bicyclic) bond motifs is 2. The van der Waals surface area contributed by atoms with Crippen LogP contribution in [0.3, 0.4) is 0 Å². The normalized spacial score (nSPS) is 15.0. The fourth-order valence-electron chi connectivity index (χ4n) is 3.87. The Kier molecular flexibility index (Phi) is 5.08. The molecule has 0 saturated carbocycles. The van der Waals surface area contributed by atoms with Gasteiger partial charge in [0.25, 0.3) is 5.56 Å². The van der Waals surface area contributed by atoms with Crippen LogP contribution < -0.4 is 11.0 Å². The number of amides is 1. The van der Waals surface area contributed by atoms with Gasteiger partial charge in [-0.3, -0.25) is 28.4 Å². The minimum atomic E-state index is -0.151. The number of benzene rings is 1. The maximum atomic E-state index is 12.8. The smallest absolute Gasteiger partial charge is 0.258 e. The molecule has 0 N–H and O–H groups in total. The van der Waals surface area contributed by atoms with Gasteiger partial charge in [0.1, 0.15) is 6.54 Å². The third-order valence-electron chi connectivity index (χ3n) is 5.51. The van der Waals surface area contributed by atoms with Crippen LogP contribution in [-0.4, -0.2) is 61.1 Å². The van der Waals surface area contributed by atoms with Gasteiger partial charge >= 0.3 is 0 Å². The summed E-state index contributed by atoms with van der Waals surface area (Å²) in [6, 6.07) is 8.75. The molecule has 0 radical (unpaired) electrons. The number of hydrogen-bond acceptors (Lipinski definition) is 7. The van der Waals surface area contributed by atoms with Crippen LogP contribution in [0.5, 0.6) is 0 Å². The van der Waals surface area contributed by atoms with Crippen molar-refractivity contribution in [2.45, 2.75) is 13.1 Å². The predicted octanol–water partition coefficient (Wildman–Crippen LogP) is 0.810. The number of aromatic nitrogens is 4. The third-order valence-corrected chi connectivity index (χ3v) is 6.27. The van der Waals surface area contributed by atoms with Crippen LogP contribution in [0, 0.1) is 0 Å². The van der Waals surface area contributed by atoms with Crippen molar-refractivity contribution in [3.8, 4) is 0 Å². The van der Waals surface area contributed by atoms with Gasteiger partial charge in [0.2, 0.25) is 11.3 Å². The quantitative estimate of drug-likeness (QED) is 0.470. The Hall–Kier alpha value is -3.37. The molecule has 9 nitrogen and oxygen atoms in total. The van der Waals surface area contributed by atoms with E-state index in [2.05, 4.69) is 15.0 Å². The van der Waals surface area contributed by atoms with Crippen LogP contribution >= 0.6 is 11.3 Å². The summed E-state index contributed by atoms with van der Waals surface area (Å²) < 4.78 is 3.12. The molecule has 3 aromatic heterocycles. The Bertz CT molecular complexity index is 1380. The maximum Gasteiger partial charge on any atom is 0.258 e. The van der Waals surface area contributed by atoms with E-state index in [1.54, 1.807) is 39.5 Å². The summed E-state index contributed by atoms with van der Waals surface area (Å²) in [6.07, 6.45) is 2.98. The zero-order valence-corrected chi connectivity index (χ0v) is 17.5. The molecule has 1 aliphatic rings. The number of nitrogens with zero attached hydrogens (tertiary/aromatic N) is 6. The summed E-state index contributed by atoms with van der Waals surface area (Å²) in [5, 5.41) is 6.55. The molecular formula is C21H20N6O3S. The summed E-state index contributed by atoms with van der Waals surface area (Å²) >= 11 is 1.44. The number of hydrogen-bond donors (Lipinski definition) is 0. The third kappa shape index (κ3) is 3.87. The van der Waals surface area contributed by atoms with E-state index in [-0.39, 0.29) is 23.4 Å². The van der Waals surface area contributed by atoms with Crippen molar-refractivity contribution in [1.29, 1.82) is 0 Å². The van der Waals surface area contributed by atoms with Crippen molar-refractivity contribution in [1.82, 2.24) is 29.0 Å². The van der Waals surface area contributed by atoms with E-state index in [9.17, 15) is 14.4 Å². The van der Waals surface area contributed by atoms with Crippen LogP contribution in [-0.2, 0) is 17.9 Å². The van der Waals surface area contributed by atoms with Gasteiger partial charge in [-0.15, -0.1) is 11.3 Å². The van der Waals surface area contributed by atoms with Crippen LogP contribution in [0.2, 0.25) is 0 Å². The van der Waals surface area contributed by atoms with Crippen molar-refractivity contribution in [2.75, 3.05) is 26.2 Å². The van der Waals surface area contributed by atoms with Crippen LogP contribution in [0.25, 0.3) is 15.9 Å². The average Bonchev–Trinajstić information content (AvgIpc) is 3.26. The van der Waals surface area contributed by atoms with Gasteiger partial charge in [0.05, 0.1) is 17.4 Å². The molecule has 0 bridgehead atoms. The Balaban J connectivity index is 1.23. The second kappa shape index (κ2) is 8.05.